The number of carbonyl (C=O) groups excluding carboxylic acids is 2. The number of hydrogen-bond donors (Lipinski definition) is 2. The predicted octanol–water partition coefficient (Wildman–Crippen LogP) is 1.86. The Hall–Kier alpha value is -3.42. The van der Waals surface area contributed by atoms with Crippen LogP contribution in [0, 0.1) is 5.41 Å². The zero-order valence-corrected chi connectivity index (χ0v) is 15.7. The average molecular weight is 396 g/mol. The van der Waals surface area contributed by atoms with Crippen molar-refractivity contribution in [3.8, 4) is 23.0 Å². The molecule has 0 radical (unpaired) electrons. The van der Waals surface area contributed by atoms with Crippen LogP contribution in [-0.2, 0) is 22.7 Å². The van der Waals surface area contributed by atoms with Gasteiger partial charge >= 0.3 is 0 Å². The molecule has 2 aromatic rings. The molecule has 150 valence electrons. The van der Waals surface area contributed by atoms with Crippen LogP contribution >= 0.6 is 0 Å². The lowest BCUT2D eigenvalue weighted by molar-refractivity contribution is -0.137. The molecule has 0 bridgehead atoms. The molecule has 8 heteroatoms. The van der Waals surface area contributed by atoms with E-state index in [2.05, 4.69) is 10.6 Å². The first-order valence-electron chi connectivity index (χ1n) is 9.48. The van der Waals surface area contributed by atoms with E-state index in [1.807, 2.05) is 36.4 Å². The number of ether oxygens (including phenoxy) is 4. The fraction of sp³-hybridized carbons (Fsp3) is 0.333. The first kappa shape index (κ1) is 17.7. The molecule has 1 saturated carbocycles. The van der Waals surface area contributed by atoms with E-state index in [4.69, 9.17) is 18.9 Å². The predicted molar refractivity (Wildman–Crippen MR) is 100 cm³/mol. The maximum absolute atomic E-state index is 12.7. The second-order valence-electron chi connectivity index (χ2n) is 7.32. The lowest BCUT2D eigenvalue weighted by atomic mass is 10.0. The molecule has 8 nitrogen and oxygen atoms in total. The van der Waals surface area contributed by atoms with Gasteiger partial charge in [0.05, 0.1) is 0 Å². The number of hydrogen-bond acceptors (Lipinski definition) is 6. The molecule has 2 N–H and O–H groups in total. The van der Waals surface area contributed by atoms with Crippen molar-refractivity contribution in [1.82, 2.24) is 10.6 Å². The van der Waals surface area contributed by atoms with Crippen molar-refractivity contribution in [2.24, 2.45) is 5.41 Å². The third-order valence-electron chi connectivity index (χ3n) is 5.40. The molecular formula is C21H20N2O6. The van der Waals surface area contributed by atoms with Crippen molar-refractivity contribution in [2.75, 3.05) is 13.6 Å². The van der Waals surface area contributed by atoms with Crippen LogP contribution in [0.5, 0.6) is 23.0 Å². The number of nitrogens with one attached hydrogen (secondary N) is 2. The van der Waals surface area contributed by atoms with E-state index in [1.165, 1.54) is 0 Å². The number of benzene rings is 2. The van der Waals surface area contributed by atoms with Gasteiger partial charge in [-0.25, -0.2) is 0 Å². The van der Waals surface area contributed by atoms with Gasteiger partial charge in [-0.1, -0.05) is 12.1 Å². The lowest BCUT2D eigenvalue weighted by Gasteiger charge is -2.16. The van der Waals surface area contributed by atoms with Crippen LogP contribution in [0.25, 0.3) is 0 Å². The molecule has 3 aliphatic rings. The Morgan fingerprint density at radius 1 is 0.724 bits per heavy atom. The molecule has 0 spiro atoms. The fourth-order valence-corrected chi connectivity index (χ4v) is 3.49. The van der Waals surface area contributed by atoms with Crippen molar-refractivity contribution in [1.29, 1.82) is 0 Å². The van der Waals surface area contributed by atoms with Gasteiger partial charge in [-0.05, 0) is 48.2 Å². The Bertz CT molecular complexity index is 910. The van der Waals surface area contributed by atoms with Crippen molar-refractivity contribution >= 4 is 11.8 Å². The van der Waals surface area contributed by atoms with Crippen molar-refractivity contribution in [2.45, 2.75) is 25.9 Å². The van der Waals surface area contributed by atoms with E-state index in [-0.39, 0.29) is 25.4 Å². The molecule has 2 aliphatic heterocycles. The molecule has 0 unspecified atom stereocenters. The van der Waals surface area contributed by atoms with Gasteiger partial charge in [-0.2, -0.15) is 0 Å². The van der Waals surface area contributed by atoms with Crippen LogP contribution in [0.15, 0.2) is 36.4 Å². The summed E-state index contributed by atoms with van der Waals surface area (Å²) in [6.07, 6.45) is 1.10. The molecule has 0 saturated heterocycles. The first-order valence-corrected chi connectivity index (χ1v) is 9.48. The van der Waals surface area contributed by atoms with Crippen LogP contribution in [-0.4, -0.2) is 25.4 Å². The maximum Gasteiger partial charge on any atom is 0.235 e. The van der Waals surface area contributed by atoms with Gasteiger partial charge in [0.2, 0.25) is 25.4 Å². The minimum Gasteiger partial charge on any atom is -0.454 e. The fourth-order valence-electron chi connectivity index (χ4n) is 3.49. The molecule has 1 aliphatic carbocycles. The quantitative estimate of drug-likeness (QED) is 0.724. The smallest absolute Gasteiger partial charge is 0.235 e. The molecular weight excluding hydrogens is 376 g/mol. The van der Waals surface area contributed by atoms with Crippen molar-refractivity contribution in [3.05, 3.63) is 47.5 Å². The van der Waals surface area contributed by atoms with Crippen LogP contribution in [0.2, 0.25) is 0 Å². The van der Waals surface area contributed by atoms with Gasteiger partial charge in [0.15, 0.2) is 23.0 Å². The second-order valence-corrected chi connectivity index (χ2v) is 7.32. The van der Waals surface area contributed by atoms with Crippen LogP contribution in [0.3, 0.4) is 0 Å². The molecule has 2 heterocycles. The summed E-state index contributed by atoms with van der Waals surface area (Å²) < 4.78 is 21.3. The van der Waals surface area contributed by atoms with Gasteiger partial charge < -0.3 is 29.6 Å². The minimum atomic E-state index is -0.979. The molecule has 29 heavy (non-hydrogen) atoms. The number of carbonyl (C=O) groups is 2. The molecule has 5 rings (SSSR count). The molecule has 2 amide bonds. The number of amides is 2. The highest BCUT2D eigenvalue weighted by Gasteiger charge is 2.56. The molecule has 0 atom stereocenters. The Morgan fingerprint density at radius 2 is 1.17 bits per heavy atom. The highest BCUT2D eigenvalue weighted by atomic mass is 16.7. The van der Waals surface area contributed by atoms with E-state index >= 15 is 0 Å². The molecule has 1 fully saturated rings. The summed E-state index contributed by atoms with van der Waals surface area (Å²) in [5.74, 6) is 2.22. The summed E-state index contributed by atoms with van der Waals surface area (Å²) in [6, 6.07) is 11.0. The second kappa shape index (κ2) is 6.88. The monoisotopic (exact) mass is 396 g/mol. The van der Waals surface area contributed by atoms with Gasteiger partial charge in [0.25, 0.3) is 0 Å². The van der Waals surface area contributed by atoms with Gasteiger partial charge in [0.1, 0.15) is 5.41 Å². The van der Waals surface area contributed by atoms with Crippen LogP contribution in [0.4, 0.5) is 0 Å². The van der Waals surface area contributed by atoms with E-state index in [9.17, 15) is 9.59 Å². The van der Waals surface area contributed by atoms with Crippen molar-refractivity contribution in [3.63, 3.8) is 0 Å². The Balaban J connectivity index is 1.17. The Labute approximate surface area is 167 Å². The minimum absolute atomic E-state index is 0.206. The normalized spacial score (nSPS) is 17.0. The van der Waals surface area contributed by atoms with Gasteiger partial charge in [0, 0.05) is 13.1 Å². The highest BCUT2D eigenvalue weighted by molar-refractivity contribution is 6.07. The van der Waals surface area contributed by atoms with E-state index in [1.54, 1.807) is 0 Å². The van der Waals surface area contributed by atoms with Crippen molar-refractivity contribution < 1.29 is 28.5 Å². The molecule has 2 aromatic carbocycles. The summed E-state index contributed by atoms with van der Waals surface area (Å²) in [5, 5.41) is 5.75. The van der Waals surface area contributed by atoms with E-state index < -0.39 is 5.41 Å². The van der Waals surface area contributed by atoms with E-state index in [0.29, 0.717) is 48.9 Å². The Morgan fingerprint density at radius 3 is 1.62 bits per heavy atom. The lowest BCUT2D eigenvalue weighted by Crippen LogP contribution is -2.42. The van der Waals surface area contributed by atoms with Gasteiger partial charge in [-0.15, -0.1) is 0 Å². The number of rotatable bonds is 6. The van der Waals surface area contributed by atoms with Crippen LogP contribution in [0.1, 0.15) is 24.0 Å². The SMILES string of the molecule is O=C(NCc1ccc2c(c1)OCO2)C1(C(=O)NCc2ccc3c(c2)OCO3)CC1. The third-order valence-corrected chi connectivity index (χ3v) is 5.40. The standard InChI is InChI=1S/C21H20N2O6/c24-19(22-9-13-1-3-15-17(7-13)28-11-26-15)21(5-6-21)20(25)23-10-14-2-4-16-18(8-14)29-12-27-16/h1-4,7-8H,5-6,9-12H2,(H,22,24)(H,23,25). The molecule has 0 aromatic heterocycles. The Kier molecular flexibility index (Phi) is 4.19. The summed E-state index contributed by atoms with van der Waals surface area (Å²) in [4.78, 5) is 25.4. The summed E-state index contributed by atoms with van der Waals surface area (Å²) in [6.45, 7) is 1.06. The highest BCUT2D eigenvalue weighted by Crippen LogP contribution is 2.46. The van der Waals surface area contributed by atoms with Crippen LogP contribution < -0.4 is 29.6 Å². The zero-order valence-electron chi connectivity index (χ0n) is 15.7. The number of fused-ring (bicyclic) bond motifs is 2. The largest absolute Gasteiger partial charge is 0.454 e. The first-order chi connectivity index (χ1) is 14.1. The summed E-state index contributed by atoms with van der Waals surface area (Å²) in [7, 11) is 0. The summed E-state index contributed by atoms with van der Waals surface area (Å²) in [5.41, 5.74) is 0.797. The van der Waals surface area contributed by atoms with E-state index in [0.717, 1.165) is 11.1 Å². The third kappa shape index (κ3) is 3.30. The van der Waals surface area contributed by atoms with Gasteiger partial charge in [-0.3, -0.25) is 9.59 Å². The average Bonchev–Trinajstić information content (AvgIpc) is 3.20. The maximum atomic E-state index is 12.7. The summed E-state index contributed by atoms with van der Waals surface area (Å²) >= 11 is 0. The topological polar surface area (TPSA) is 95.1 Å². The zero-order chi connectivity index (χ0) is 19.8.